The molecule has 3 heteroatoms. The van der Waals surface area contributed by atoms with Crippen LogP contribution in [0.25, 0.3) is 0 Å². The van der Waals surface area contributed by atoms with E-state index in [9.17, 15) is 4.79 Å². The summed E-state index contributed by atoms with van der Waals surface area (Å²) in [5.74, 6) is 0.215. The standard InChI is InChI=1S/C20H21NOS/c1-20-12-11-19(22)21-18(20)10-7-14-13-16(8-9-17(14)20)23-15-5-3-2-4-6-15/h2-6,8-9,13,18H,7,10-12H2,1H3,(H,21,22)/t18-,20-/m1/s1. The molecule has 2 nitrogen and oxygen atoms in total. The van der Waals surface area contributed by atoms with Crippen molar-refractivity contribution >= 4 is 17.7 Å². The highest BCUT2D eigenvalue weighted by Gasteiger charge is 2.43. The maximum absolute atomic E-state index is 11.7. The van der Waals surface area contributed by atoms with Gasteiger partial charge in [0.1, 0.15) is 0 Å². The van der Waals surface area contributed by atoms with Crippen LogP contribution in [0.4, 0.5) is 0 Å². The van der Waals surface area contributed by atoms with Crippen molar-refractivity contribution in [2.75, 3.05) is 0 Å². The van der Waals surface area contributed by atoms with Crippen molar-refractivity contribution in [2.24, 2.45) is 0 Å². The minimum Gasteiger partial charge on any atom is -0.352 e. The quantitative estimate of drug-likeness (QED) is 0.892. The van der Waals surface area contributed by atoms with Crippen molar-refractivity contribution in [2.45, 2.75) is 53.9 Å². The summed E-state index contributed by atoms with van der Waals surface area (Å²) in [6, 6.07) is 17.7. The van der Waals surface area contributed by atoms with Crippen LogP contribution in [0.1, 0.15) is 37.3 Å². The van der Waals surface area contributed by atoms with Crippen LogP contribution in [0.2, 0.25) is 0 Å². The lowest BCUT2D eigenvalue weighted by Crippen LogP contribution is -2.55. The van der Waals surface area contributed by atoms with E-state index in [2.05, 4.69) is 60.8 Å². The number of piperidine rings is 1. The Kier molecular flexibility index (Phi) is 3.68. The lowest BCUT2D eigenvalue weighted by Gasteiger charge is -2.46. The van der Waals surface area contributed by atoms with E-state index in [-0.39, 0.29) is 11.3 Å². The Balaban J connectivity index is 1.64. The van der Waals surface area contributed by atoms with Crippen LogP contribution >= 0.6 is 11.8 Å². The Bertz CT molecular complexity index is 743. The van der Waals surface area contributed by atoms with Gasteiger partial charge in [0.15, 0.2) is 0 Å². The number of benzene rings is 2. The first kappa shape index (κ1) is 14.8. The maximum Gasteiger partial charge on any atom is 0.220 e. The van der Waals surface area contributed by atoms with Crippen molar-refractivity contribution in [3.63, 3.8) is 0 Å². The molecule has 2 aromatic rings. The van der Waals surface area contributed by atoms with E-state index in [0.29, 0.717) is 12.5 Å². The average molecular weight is 323 g/mol. The summed E-state index contributed by atoms with van der Waals surface area (Å²) in [5.41, 5.74) is 2.99. The normalized spacial score (nSPS) is 26.1. The Morgan fingerprint density at radius 2 is 1.91 bits per heavy atom. The van der Waals surface area contributed by atoms with Crippen molar-refractivity contribution in [1.82, 2.24) is 5.32 Å². The predicted molar refractivity (Wildman–Crippen MR) is 93.8 cm³/mol. The summed E-state index contributed by atoms with van der Waals surface area (Å²) < 4.78 is 0. The van der Waals surface area contributed by atoms with Gasteiger partial charge in [0.05, 0.1) is 0 Å². The molecule has 2 aromatic carbocycles. The van der Waals surface area contributed by atoms with Gasteiger partial charge in [-0.2, -0.15) is 0 Å². The third kappa shape index (κ3) is 2.67. The number of fused-ring (bicyclic) bond motifs is 3. The fourth-order valence-electron chi connectivity index (χ4n) is 4.01. The second-order valence-corrected chi connectivity index (χ2v) is 7.96. The monoisotopic (exact) mass is 323 g/mol. The van der Waals surface area contributed by atoms with Crippen molar-refractivity contribution in [1.29, 1.82) is 0 Å². The molecule has 4 rings (SSSR count). The third-order valence-electron chi connectivity index (χ3n) is 5.35. The molecule has 2 aliphatic rings. The van der Waals surface area contributed by atoms with Crippen LogP contribution in [-0.2, 0) is 16.6 Å². The fourth-order valence-corrected chi connectivity index (χ4v) is 4.91. The van der Waals surface area contributed by atoms with E-state index < -0.39 is 0 Å². The van der Waals surface area contributed by atoms with Crippen LogP contribution in [0.15, 0.2) is 58.3 Å². The highest BCUT2D eigenvalue weighted by molar-refractivity contribution is 7.99. The minimum atomic E-state index is 0.0947. The average Bonchev–Trinajstić information content (AvgIpc) is 2.56. The molecule has 1 amide bonds. The Morgan fingerprint density at radius 1 is 1.09 bits per heavy atom. The predicted octanol–water partition coefficient (Wildman–Crippen LogP) is 4.32. The molecule has 1 aliphatic carbocycles. The van der Waals surface area contributed by atoms with Gasteiger partial charge in [0.2, 0.25) is 5.91 Å². The highest BCUT2D eigenvalue weighted by atomic mass is 32.2. The van der Waals surface area contributed by atoms with E-state index in [1.165, 1.54) is 20.9 Å². The van der Waals surface area contributed by atoms with Gasteiger partial charge in [-0.05, 0) is 54.7 Å². The smallest absolute Gasteiger partial charge is 0.220 e. The van der Waals surface area contributed by atoms with E-state index in [1.807, 2.05) is 11.8 Å². The molecule has 0 unspecified atom stereocenters. The van der Waals surface area contributed by atoms with Gasteiger partial charge in [0, 0.05) is 27.7 Å². The molecule has 23 heavy (non-hydrogen) atoms. The van der Waals surface area contributed by atoms with Gasteiger partial charge < -0.3 is 5.32 Å². The molecule has 1 saturated heterocycles. The highest BCUT2D eigenvalue weighted by Crippen LogP contribution is 2.44. The number of carbonyl (C=O) groups is 1. The van der Waals surface area contributed by atoms with E-state index >= 15 is 0 Å². The number of rotatable bonds is 2. The molecule has 1 aliphatic heterocycles. The second kappa shape index (κ2) is 5.72. The zero-order valence-electron chi connectivity index (χ0n) is 13.3. The maximum atomic E-state index is 11.7. The van der Waals surface area contributed by atoms with Gasteiger partial charge >= 0.3 is 0 Å². The first-order valence-corrected chi connectivity index (χ1v) is 9.12. The van der Waals surface area contributed by atoms with Crippen LogP contribution < -0.4 is 5.32 Å². The van der Waals surface area contributed by atoms with Crippen LogP contribution in [-0.4, -0.2) is 11.9 Å². The lowest BCUT2D eigenvalue weighted by atomic mass is 9.64. The molecule has 0 radical (unpaired) electrons. The Labute approximate surface area is 141 Å². The molecule has 0 spiro atoms. The van der Waals surface area contributed by atoms with Crippen LogP contribution in [0, 0.1) is 0 Å². The summed E-state index contributed by atoms with van der Waals surface area (Å²) in [7, 11) is 0. The van der Waals surface area contributed by atoms with Crippen molar-refractivity contribution in [3.8, 4) is 0 Å². The zero-order chi connectivity index (χ0) is 15.9. The van der Waals surface area contributed by atoms with E-state index in [0.717, 1.165) is 19.3 Å². The molecule has 1 fully saturated rings. The van der Waals surface area contributed by atoms with Gasteiger partial charge in [-0.25, -0.2) is 0 Å². The van der Waals surface area contributed by atoms with Gasteiger partial charge in [-0.1, -0.05) is 43.0 Å². The Hall–Kier alpha value is -1.74. The number of aryl methyl sites for hydroxylation is 1. The van der Waals surface area contributed by atoms with E-state index in [1.54, 1.807) is 0 Å². The lowest BCUT2D eigenvalue weighted by molar-refractivity contribution is -0.125. The number of hydrogen-bond acceptors (Lipinski definition) is 2. The first-order chi connectivity index (χ1) is 11.1. The van der Waals surface area contributed by atoms with Crippen molar-refractivity contribution in [3.05, 3.63) is 59.7 Å². The molecule has 118 valence electrons. The van der Waals surface area contributed by atoms with Gasteiger partial charge in [-0.15, -0.1) is 0 Å². The molecule has 0 bridgehead atoms. The summed E-state index contributed by atoms with van der Waals surface area (Å²) in [6.45, 7) is 2.32. The molecular formula is C20H21NOS. The number of amides is 1. The van der Waals surface area contributed by atoms with Crippen LogP contribution in [0.5, 0.6) is 0 Å². The minimum absolute atomic E-state index is 0.0947. The zero-order valence-corrected chi connectivity index (χ0v) is 14.2. The summed E-state index contributed by atoms with van der Waals surface area (Å²) in [4.78, 5) is 14.3. The SMILES string of the molecule is C[C@]12CCC(=O)N[C@@H]1CCc1cc(Sc3ccccc3)ccc12. The number of nitrogens with one attached hydrogen (secondary N) is 1. The summed E-state index contributed by atoms with van der Waals surface area (Å²) in [5, 5.41) is 3.21. The van der Waals surface area contributed by atoms with Crippen molar-refractivity contribution < 1.29 is 4.79 Å². The van der Waals surface area contributed by atoms with E-state index in [4.69, 9.17) is 0 Å². The Morgan fingerprint density at radius 3 is 2.74 bits per heavy atom. The van der Waals surface area contributed by atoms with Gasteiger partial charge in [-0.3, -0.25) is 4.79 Å². The summed E-state index contributed by atoms with van der Waals surface area (Å²) in [6.07, 6.45) is 3.71. The first-order valence-electron chi connectivity index (χ1n) is 8.31. The molecule has 2 atom stereocenters. The van der Waals surface area contributed by atoms with Gasteiger partial charge in [0.25, 0.3) is 0 Å². The molecular weight excluding hydrogens is 302 g/mol. The largest absolute Gasteiger partial charge is 0.352 e. The number of carbonyl (C=O) groups excluding carboxylic acids is 1. The summed E-state index contributed by atoms with van der Waals surface area (Å²) >= 11 is 1.82. The molecule has 1 heterocycles. The topological polar surface area (TPSA) is 29.1 Å². The molecule has 0 saturated carbocycles. The van der Waals surface area contributed by atoms with Crippen LogP contribution in [0.3, 0.4) is 0 Å². The second-order valence-electron chi connectivity index (χ2n) is 6.81. The number of hydrogen-bond donors (Lipinski definition) is 1. The molecule has 1 N–H and O–H groups in total. The fraction of sp³-hybridized carbons (Fsp3) is 0.350. The molecule has 0 aromatic heterocycles. The third-order valence-corrected chi connectivity index (χ3v) is 6.35.